The minimum Gasteiger partial charge on any atom is -0.381 e. The fraction of sp³-hybridized carbons (Fsp3) is 0.286. The summed E-state index contributed by atoms with van der Waals surface area (Å²) in [6, 6.07) is 6.26. The molecule has 0 spiro atoms. The molecule has 0 bridgehead atoms. The van der Waals surface area contributed by atoms with E-state index in [1.54, 1.807) is 12.1 Å². The van der Waals surface area contributed by atoms with Crippen LogP contribution in [0, 0.1) is 11.9 Å². The number of nitrogens with one attached hydrogen (secondary N) is 2. The number of anilines is 2. The van der Waals surface area contributed by atoms with Gasteiger partial charge in [0.15, 0.2) is 5.82 Å². The molecule has 2 aromatic rings. The lowest BCUT2D eigenvalue weighted by molar-refractivity contribution is 0.531. The van der Waals surface area contributed by atoms with Gasteiger partial charge in [0.25, 0.3) is 0 Å². The van der Waals surface area contributed by atoms with E-state index in [9.17, 15) is 8.78 Å². The molecule has 1 aliphatic rings. The summed E-state index contributed by atoms with van der Waals surface area (Å²) in [5.41, 5.74) is 2.20. The van der Waals surface area contributed by atoms with Gasteiger partial charge in [-0.15, -0.1) is 0 Å². The van der Waals surface area contributed by atoms with Gasteiger partial charge in [0.1, 0.15) is 5.82 Å². The molecule has 1 aromatic carbocycles. The van der Waals surface area contributed by atoms with E-state index in [0.717, 1.165) is 30.6 Å². The molecule has 0 saturated heterocycles. The normalized spacial score (nSPS) is 13.5. The van der Waals surface area contributed by atoms with Crippen molar-refractivity contribution in [3.63, 3.8) is 0 Å². The number of aromatic nitrogens is 2. The maximum absolute atomic E-state index is 13.4. The van der Waals surface area contributed by atoms with Crippen molar-refractivity contribution < 1.29 is 8.78 Å². The molecular weight excluding hydrogens is 262 g/mol. The number of fused-ring (bicyclic) bond motifs is 1. The van der Waals surface area contributed by atoms with Crippen LogP contribution in [0.4, 0.5) is 20.3 Å². The zero-order valence-electron chi connectivity index (χ0n) is 10.8. The zero-order chi connectivity index (χ0) is 13.9. The van der Waals surface area contributed by atoms with Crippen molar-refractivity contribution >= 4 is 11.5 Å². The Bertz CT molecular complexity index is 631. The molecule has 0 saturated carbocycles. The maximum Gasteiger partial charge on any atom is 0.310 e. The van der Waals surface area contributed by atoms with Gasteiger partial charge in [0.05, 0.1) is 11.4 Å². The van der Waals surface area contributed by atoms with Gasteiger partial charge in [0, 0.05) is 13.1 Å². The number of rotatable bonds is 3. The summed E-state index contributed by atoms with van der Waals surface area (Å²) in [6.45, 7) is 1.19. The fourth-order valence-corrected chi connectivity index (χ4v) is 2.27. The molecule has 3 rings (SSSR count). The summed E-state index contributed by atoms with van der Waals surface area (Å²) < 4.78 is 26.5. The number of halogens is 2. The van der Waals surface area contributed by atoms with Gasteiger partial charge in [-0.25, -0.2) is 9.37 Å². The Kier molecular flexibility index (Phi) is 3.45. The van der Waals surface area contributed by atoms with Crippen LogP contribution in [-0.2, 0) is 13.0 Å². The molecular formula is C14H14F2N4. The summed E-state index contributed by atoms with van der Waals surface area (Å²) >= 11 is 0. The average Bonchev–Trinajstić information content (AvgIpc) is 2.44. The lowest BCUT2D eigenvalue weighted by atomic mass is 10.1. The Labute approximate surface area is 115 Å². The third-order valence-corrected chi connectivity index (χ3v) is 3.20. The molecule has 0 fully saturated rings. The van der Waals surface area contributed by atoms with E-state index < -0.39 is 6.08 Å². The average molecular weight is 276 g/mol. The highest BCUT2D eigenvalue weighted by atomic mass is 19.1. The van der Waals surface area contributed by atoms with E-state index in [1.165, 1.54) is 12.1 Å². The van der Waals surface area contributed by atoms with E-state index in [0.29, 0.717) is 18.1 Å². The number of hydrogen-bond donors (Lipinski definition) is 2. The topological polar surface area (TPSA) is 49.8 Å². The monoisotopic (exact) mass is 276 g/mol. The summed E-state index contributed by atoms with van der Waals surface area (Å²) in [6.07, 6.45) is 0.914. The number of nitrogens with zero attached hydrogens (tertiary/aromatic N) is 2. The summed E-state index contributed by atoms with van der Waals surface area (Å²) in [4.78, 5) is 7.58. The van der Waals surface area contributed by atoms with Gasteiger partial charge in [-0.2, -0.15) is 9.37 Å². The first kappa shape index (κ1) is 12.8. The van der Waals surface area contributed by atoms with E-state index in [1.807, 2.05) is 0 Å². The first-order valence-corrected chi connectivity index (χ1v) is 6.51. The van der Waals surface area contributed by atoms with Crippen LogP contribution in [0.3, 0.4) is 0 Å². The second-order valence-corrected chi connectivity index (χ2v) is 4.68. The molecule has 0 amide bonds. The lowest BCUT2D eigenvalue weighted by Crippen LogP contribution is -2.18. The molecule has 0 unspecified atom stereocenters. The first-order valence-electron chi connectivity index (χ1n) is 6.51. The molecule has 2 heterocycles. The lowest BCUT2D eigenvalue weighted by Gasteiger charge is -2.20. The van der Waals surface area contributed by atoms with Crippen LogP contribution in [0.15, 0.2) is 24.3 Å². The van der Waals surface area contributed by atoms with Crippen LogP contribution in [0.1, 0.15) is 17.7 Å². The van der Waals surface area contributed by atoms with Crippen LogP contribution in [0.25, 0.3) is 0 Å². The molecule has 6 heteroatoms. The molecule has 104 valence electrons. The molecule has 1 aromatic heterocycles. The molecule has 20 heavy (non-hydrogen) atoms. The van der Waals surface area contributed by atoms with Gasteiger partial charge in [-0.05, 0) is 30.5 Å². The first-order chi connectivity index (χ1) is 9.72. The van der Waals surface area contributed by atoms with Crippen molar-refractivity contribution in [3.05, 3.63) is 47.4 Å². The molecule has 1 aliphatic heterocycles. The zero-order valence-corrected chi connectivity index (χ0v) is 10.8. The summed E-state index contributed by atoms with van der Waals surface area (Å²) in [5.74, 6) is 0.134. The predicted molar refractivity (Wildman–Crippen MR) is 72.5 cm³/mol. The summed E-state index contributed by atoms with van der Waals surface area (Å²) in [7, 11) is 0. The molecule has 0 aliphatic carbocycles. The Morgan fingerprint density at radius 2 is 2.15 bits per heavy atom. The Morgan fingerprint density at radius 1 is 1.25 bits per heavy atom. The third-order valence-electron chi connectivity index (χ3n) is 3.20. The summed E-state index contributed by atoms with van der Waals surface area (Å²) in [5, 5.41) is 6.21. The number of benzene rings is 1. The predicted octanol–water partition coefficient (Wildman–Crippen LogP) is 2.73. The van der Waals surface area contributed by atoms with Crippen LogP contribution < -0.4 is 10.6 Å². The van der Waals surface area contributed by atoms with E-state index in [2.05, 4.69) is 20.6 Å². The SMILES string of the molecule is Fc1cccc(CNc2nc(F)nc3c2NCCC3)c1. The minimum absolute atomic E-state index is 0.293. The van der Waals surface area contributed by atoms with Crippen molar-refractivity contribution in [2.45, 2.75) is 19.4 Å². The highest BCUT2D eigenvalue weighted by Gasteiger charge is 2.17. The van der Waals surface area contributed by atoms with Gasteiger partial charge in [-0.1, -0.05) is 12.1 Å². The second kappa shape index (κ2) is 5.40. The van der Waals surface area contributed by atoms with Gasteiger partial charge in [0.2, 0.25) is 0 Å². The van der Waals surface area contributed by atoms with E-state index >= 15 is 0 Å². The fourth-order valence-electron chi connectivity index (χ4n) is 2.27. The maximum atomic E-state index is 13.4. The minimum atomic E-state index is -0.741. The highest BCUT2D eigenvalue weighted by molar-refractivity contribution is 5.67. The quantitative estimate of drug-likeness (QED) is 0.846. The van der Waals surface area contributed by atoms with Crippen LogP contribution in [-0.4, -0.2) is 16.5 Å². The van der Waals surface area contributed by atoms with Crippen LogP contribution >= 0.6 is 0 Å². The van der Waals surface area contributed by atoms with Crippen molar-refractivity contribution in [3.8, 4) is 0 Å². The van der Waals surface area contributed by atoms with Crippen LogP contribution in [0.5, 0.6) is 0 Å². The Balaban J connectivity index is 1.82. The van der Waals surface area contributed by atoms with Crippen molar-refractivity contribution in [2.75, 3.05) is 17.2 Å². The molecule has 0 radical (unpaired) electrons. The Morgan fingerprint density at radius 3 is 3.00 bits per heavy atom. The number of hydrogen-bond acceptors (Lipinski definition) is 4. The van der Waals surface area contributed by atoms with Gasteiger partial charge < -0.3 is 10.6 Å². The van der Waals surface area contributed by atoms with Crippen molar-refractivity contribution in [2.24, 2.45) is 0 Å². The van der Waals surface area contributed by atoms with Crippen molar-refractivity contribution in [1.29, 1.82) is 0 Å². The standard InChI is InChI=1S/C14H14F2N4/c15-10-4-1-3-9(7-10)8-18-13-12-11(5-2-6-17-12)19-14(16)20-13/h1,3-4,7,17H,2,5-6,8H2,(H,18,19,20). The molecule has 0 atom stereocenters. The number of aryl methyl sites for hydroxylation is 1. The third kappa shape index (κ3) is 2.68. The second-order valence-electron chi connectivity index (χ2n) is 4.68. The van der Waals surface area contributed by atoms with Crippen LogP contribution in [0.2, 0.25) is 0 Å². The van der Waals surface area contributed by atoms with E-state index in [-0.39, 0.29) is 5.82 Å². The Hall–Kier alpha value is -2.24. The van der Waals surface area contributed by atoms with E-state index in [4.69, 9.17) is 0 Å². The molecule has 2 N–H and O–H groups in total. The molecule has 4 nitrogen and oxygen atoms in total. The van der Waals surface area contributed by atoms with Crippen molar-refractivity contribution in [1.82, 2.24) is 9.97 Å². The largest absolute Gasteiger partial charge is 0.381 e. The van der Waals surface area contributed by atoms with Gasteiger partial charge in [-0.3, -0.25) is 0 Å². The smallest absolute Gasteiger partial charge is 0.310 e. The van der Waals surface area contributed by atoms with Gasteiger partial charge >= 0.3 is 6.08 Å². The highest BCUT2D eigenvalue weighted by Crippen LogP contribution is 2.27.